The molecule has 3 nitrogen and oxygen atoms in total. The SMILES string of the molecule is CCCC1(C)C=Cn2ncc(C(C)C)c2N=C1. The van der Waals surface area contributed by atoms with Gasteiger partial charge in [-0.1, -0.05) is 40.2 Å². The summed E-state index contributed by atoms with van der Waals surface area (Å²) in [7, 11) is 0. The van der Waals surface area contributed by atoms with Crippen LogP contribution in [0.15, 0.2) is 17.3 Å². The minimum atomic E-state index is 0.0592. The van der Waals surface area contributed by atoms with Gasteiger partial charge in [-0.25, -0.2) is 9.67 Å². The van der Waals surface area contributed by atoms with Crippen LogP contribution < -0.4 is 0 Å². The molecule has 92 valence electrons. The quantitative estimate of drug-likeness (QED) is 0.773. The molecule has 0 saturated carbocycles. The van der Waals surface area contributed by atoms with E-state index in [9.17, 15) is 0 Å². The molecule has 0 bridgehead atoms. The molecule has 1 unspecified atom stereocenters. The zero-order valence-electron chi connectivity index (χ0n) is 11.1. The van der Waals surface area contributed by atoms with Crippen LogP contribution in [0.2, 0.25) is 0 Å². The molecule has 0 amide bonds. The van der Waals surface area contributed by atoms with Crippen LogP contribution in [0.3, 0.4) is 0 Å². The molecule has 0 radical (unpaired) electrons. The van der Waals surface area contributed by atoms with Crippen molar-refractivity contribution >= 4 is 18.2 Å². The minimum Gasteiger partial charge on any atom is -0.240 e. The van der Waals surface area contributed by atoms with E-state index < -0.39 is 0 Å². The Morgan fingerprint density at radius 3 is 2.82 bits per heavy atom. The van der Waals surface area contributed by atoms with Crippen molar-refractivity contribution in [2.24, 2.45) is 10.4 Å². The highest BCUT2D eigenvalue weighted by Crippen LogP contribution is 2.32. The van der Waals surface area contributed by atoms with E-state index in [0.29, 0.717) is 5.92 Å². The predicted molar refractivity (Wildman–Crippen MR) is 72.8 cm³/mol. The maximum absolute atomic E-state index is 4.65. The number of nitrogens with zero attached hydrogens (tertiary/aromatic N) is 3. The number of rotatable bonds is 3. The zero-order chi connectivity index (χ0) is 12.5. The van der Waals surface area contributed by atoms with Crippen molar-refractivity contribution in [2.45, 2.75) is 46.5 Å². The van der Waals surface area contributed by atoms with E-state index >= 15 is 0 Å². The monoisotopic (exact) mass is 231 g/mol. The first-order valence-corrected chi connectivity index (χ1v) is 6.38. The summed E-state index contributed by atoms with van der Waals surface area (Å²) in [5.41, 5.74) is 1.27. The first kappa shape index (κ1) is 12.1. The van der Waals surface area contributed by atoms with Crippen LogP contribution in [0.1, 0.15) is 52.0 Å². The smallest absolute Gasteiger partial charge is 0.158 e. The van der Waals surface area contributed by atoms with Crippen molar-refractivity contribution in [2.75, 3.05) is 0 Å². The Bertz CT molecular complexity index is 454. The topological polar surface area (TPSA) is 30.2 Å². The zero-order valence-corrected chi connectivity index (χ0v) is 11.1. The number of aromatic nitrogens is 2. The summed E-state index contributed by atoms with van der Waals surface area (Å²) < 4.78 is 1.88. The second kappa shape index (κ2) is 4.47. The number of aliphatic imine (C=N–C) groups is 1. The fourth-order valence-electron chi connectivity index (χ4n) is 2.20. The van der Waals surface area contributed by atoms with Crippen LogP contribution in [0, 0.1) is 5.41 Å². The highest BCUT2D eigenvalue weighted by atomic mass is 15.3. The molecule has 1 aliphatic heterocycles. The Balaban J connectivity index is 2.39. The summed E-state index contributed by atoms with van der Waals surface area (Å²) >= 11 is 0. The summed E-state index contributed by atoms with van der Waals surface area (Å²) in [5.74, 6) is 1.44. The number of allylic oxidation sites excluding steroid dienone is 1. The van der Waals surface area contributed by atoms with Gasteiger partial charge in [0.1, 0.15) is 0 Å². The predicted octanol–water partition coefficient (Wildman–Crippen LogP) is 4.00. The lowest BCUT2D eigenvalue weighted by Crippen LogP contribution is -2.13. The molecule has 1 aromatic rings. The summed E-state index contributed by atoms with van der Waals surface area (Å²) in [5, 5.41) is 4.38. The van der Waals surface area contributed by atoms with E-state index in [2.05, 4.69) is 50.1 Å². The molecule has 0 spiro atoms. The molecule has 1 aromatic heterocycles. The minimum absolute atomic E-state index is 0.0592. The van der Waals surface area contributed by atoms with Gasteiger partial charge in [-0.15, -0.1) is 0 Å². The van der Waals surface area contributed by atoms with Gasteiger partial charge < -0.3 is 0 Å². The van der Waals surface area contributed by atoms with Crippen LogP contribution in [-0.4, -0.2) is 16.0 Å². The number of hydrogen-bond donors (Lipinski definition) is 0. The average Bonchev–Trinajstić information content (AvgIpc) is 2.61. The summed E-state index contributed by atoms with van der Waals surface area (Å²) in [6.45, 7) is 8.77. The van der Waals surface area contributed by atoms with Crippen LogP contribution in [0.4, 0.5) is 5.82 Å². The van der Waals surface area contributed by atoms with Gasteiger partial charge in [-0.05, 0) is 12.3 Å². The molecule has 0 N–H and O–H groups in total. The van der Waals surface area contributed by atoms with Crippen molar-refractivity contribution in [1.82, 2.24) is 9.78 Å². The molecule has 0 saturated heterocycles. The highest BCUT2D eigenvalue weighted by Gasteiger charge is 2.21. The standard InChI is InChI=1S/C14H21N3/c1-5-6-14(4)7-8-17-13(15-10-14)12(9-16-17)11(2)3/h7-11H,5-6H2,1-4H3. The first-order valence-electron chi connectivity index (χ1n) is 6.38. The van der Waals surface area contributed by atoms with Gasteiger partial charge in [0.05, 0.1) is 6.20 Å². The lowest BCUT2D eigenvalue weighted by Gasteiger charge is -2.18. The second-order valence-corrected chi connectivity index (χ2v) is 5.35. The number of fused-ring (bicyclic) bond motifs is 1. The van der Waals surface area contributed by atoms with Crippen LogP contribution in [0.5, 0.6) is 0 Å². The van der Waals surface area contributed by atoms with E-state index in [-0.39, 0.29) is 5.41 Å². The van der Waals surface area contributed by atoms with Gasteiger partial charge in [-0.3, -0.25) is 0 Å². The average molecular weight is 231 g/mol. The van der Waals surface area contributed by atoms with Gasteiger partial charge in [-0.2, -0.15) is 5.10 Å². The van der Waals surface area contributed by atoms with Gasteiger partial charge in [0.15, 0.2) is 5.82 Å². The molecule has 1 atom stereocenters. The maximum Gasteiger partial charge on any atom is 0.158 e. The van der Waals surface area contributed by atoms with Crippen molar-refractivity contribution in [3.05, 3.63) is 17.8 Å². The molecule has 0 aliphatic carbocycles. The summed E-state index contributed by atoms with van der Waals surface area (Å²) in [6, 6.07) is 0. The summed E-state index contributed by atoms with van der Waals surface area (Å²) in [6.07, 6.45) is 10.5. The Morgan fingerprint density at radius 2 is 2.18 bits per heavy atom. The van der Waals surface area contributed by atoms with Crippen molar-refractivity contribution in [1.29, 1.82) is 0 Å². The van der Waals surface area contributed by atoms with E-state index in [1.807, 2.05) is 17.1 Å². The second-order valence-electron chi connectivity index (χ2n) is 5.35. The molecule has 1 aliphatic rings. The molecule has 3 heteroatoms. The third-order valence-corrected chi connectivity index (χ3v) is 3.29. The van der Waals surface area contributed by atoms with E-state index in [0.717, 1.165) is 18.7 Å². The number of hydrogen-bond acceptors (Lipinski definition) is 2. The van der Waals surface area contributed by atoms with Crippen LogP contribution >= 0.6 is 0 Å². The Morgan fingerprint density at radius 1 is 1.41 bits per heavy atom. The molecular weight excluding hydrogens is 210 g/mol. The van der Waals surface area contributed by atoms with Crippen LogP contribution in [0.25, 0.3) is 6.20 Å². The molecule has 0 aromatic carbocycles. The summed E-state index contributed by atoms with van der Waals surface area (Å²) in [4.78, 5) is 4.65. The van der Waals surface area contributed by atoms with Crippen LogP contribution in [-0.2, 0) is 0 Å². The Labute approximate surface area is 103 Å². The first-order chi connectivity index (χ1) is 8.06. The lowest BCUT2D eigenvalue weighted by atomic mass is 9.87. The molecular formula is C14H21N3. The van der Waals surface area contributed by atoms with Gasteiger partial charge in [0.25, 0.3) is 0 Å². The van der Waals surface area contributed by atoms with Gasteiger partial charge >= 0.3 is 0 Å². The van der Waals surface area contributed by atoms with Crippen molar-refractivity contribution < 1.29 is 0 Å². The Kier molecular flexibility index (Phi) is 3.18. The molecule has 0 fully saturated rings. The van der Waals surface area contributed by atoms with Crippen molar-refractivity contribution in [3.63, 3.8) is 0 Å². The highest BCUT2D eigenvalue weighted by molar-refractivity contribution is 5.74. The third-order valence-electron chi connectivity index (χ3n) is 3.29. The van der Waals surface area contributed by atoms with Gasteiger partial charge in [0, 0.05) is 23.4 Å². The molecule has 17 heavy (non-hydrogen) atoms. The van der Waals surface area contributed by atoms with E-state index in [1.165, 1.54) is 5.56 Å². The third kappa shape index (κ3) is 2.33. The van der Waals surface area contributed by atoms with Crippen molar-refractivity contribution in [3.8, 4) is 0 Å². The fraction of sp³-hybridized carbons (Fsp3) is 0.571. The van der Waals surface area contributed by atoms with E-state index in [1.54, 1.807) is 0 Å². The normalized spacial score (nSPS) is 22.9. The fourth-order valence-corrected chi connectivity index (χ4v) is 2.20. The van der Waals surface area contributed by atoms with E-state index in [4.69, 9.17) is 0 Å². The largest absolute Gasteiger partial charge is 0.240 e. The molecule has 2 rings (SSSR count). The van der Waals surface area contributed by atoms with Gasteiger partial charge in [0.2, 0.25) is 0 Å². The lowest BCUT2D eigenvalue weighted by molar-refractivity contribution is 0.543. The molecule has 2 heterocycles. The Hall–Kier alpha value is -1.38. The maximum atomic E-state index is 4.65.